The molecule has 0 aliphatic heterocycles. The van der Waals surface area contributed by atoms with E-state index < -0.39 is 17.5 Å². The molecule has 2 rings (SSSR count). The molecule has 0 aliphatic carbocycles. The second-order valence-electron chi connectivity index (χ2n) is 4.98. The third kappa shape index (κ3) is 3.84. The van der Waals surface area contributed by atoms with Crippen molar-refractivity contribution in [1.82, 2.24) is 4.90 Å². The van der Waals surface area contributed by atoms with Gasteiger partial charge in [0.1, 0.15) is 0 Å². The smallest absolute Gasteiger partial charge is 0.255 e. The van der Waals surface area contributed by atoms with Crippen LogP contribution in [0, 0.1) is 11.6 Å². The predicted octanol–water partition coefficient (Wildman–Crippen LogP) is 3.57. The third-order valence-electron chi connectivity index (χ3n) is 3.05. The first-order chi connectivity index (χ1) is 10.8. The van der Waals surface area contributed by atoms with Gasteiger partial charge in [-0.05, 0) is 36.4 Å². The van der Waals surface area contributed by atoms with Gasteiger partial charge < -0.3 is 10.2 Å². The Balaban J connectivity index is 2.28. The van der Waals surface area contributed by atoms with Crippen molar-refractivity contribution in [2.24, 2.45) is 0 Å². The van der Waals surface area contributed by atoms with E-state index in [9.17, 15) is 18.4 Å². The zero-order valence-electron chi connectivity index (χ0n) is 12.4. The van der Waals surface area contributed by atoms with Crippen molar-refractivity contribution in [3.8, 4) is 0 Å². The molecule has 120 valence electrons. The Bertz CT molecular complexity index is 779. The Morgan fingerprint density at radius 2 is 1.65 bits per heavy atom. The van der Waals surface area contributed by atoms with E-state index in [1.807, 2.05) is 0 Å². The van der Waals surface area contributed by atoms with Gasteiger partial charge in [-0.3, -0.25) is 9.59 Å². The molecule has 0 spiro atoms. The SMILES string of the molecule is CN(C)C(=O)c1ccc(Cl)c(NC(=O)c2ccc(F)c(F)c2)c1. The van der Waals surface area contributed by atoms with Crippen LogP contribution in [0.5, 0.6) is 0 Å². The van der Waals surface area contributed by atoms with Gasteiger partial charge in [-0.1, -0.05) is 11.6 Å². The molecule has 4 nitrogen and oxygen atoms in total. The van der Waals surface area contributed by atoms with Gasteiger partial charge in [-0.15, -0.1) is 0 Å². The summed E-state index contributed by atoms with van der Waals surface area (Å²) in [4.78, 5) is 25.4. The maximum Gasteiger partial charge on any atom is 0.255 e. The summed E-state index contributed by atoms with van der Waals surface area (Å²) < 4.78 is 26.1. The van der Waals surface area contributed by atoms with Crippen LogP contribution in [0.4, 0.5) is 14.5 Å². The summed E-state index contributed by atoms with van der Waals surface area (Å²) in [5.74, 6) is -3.09. The molecule has 0 unspecified atom stereocenters. The second kappa shape index (κ2) is 6.75. The first-order valence-electron chi connectivity index (χ1n) is 6.57. The summed E-state index contributed by atoms with van der Waals surface area (Å²) in [5.41, 5.74) is 0.471. The van der Waals surface area contributed by atoms with E-state index in [0.29, 0.717) is 5.56 Å². The summed E-state index contributed by atoms with van der Waals surface area (Å²) in [6, 6.07) is 7.21. The molecule has 0 saturated heterocycles. The van der Waals surface area contributed by atoms with Gasteiger partial charge in [0.15, 0.2) is 11.6 Å². The van der Waals surface area contributed by atoms with Gasteiger partial charge in [-0.2, -0.15) is 0 Å². The molecule has 2 aromatic carbocycles. The highest BCUT2D eigenvalue weighted by molar-refractivity contribution is 6.34. The molecule has 23 heavy (non-hydrogen) atoms. The number of hydrogen-bond donors (Lipinski definition) is 1. The molecule has 0 saturated carbocycles. The maximum atomic E-state index is 13.2. The fraction of sp³-hybridized carbons (Fsp3) is 0.125. The van der Waals surface area contributed by atoms with E-state index in [-0.39, 0.29) is 22.2 Å². The first kappa shape index (κ1) is 16.9. The van der Waals surface area contributed by atoms with Gasteiger partial charge >= 0.3 is 0 Å². The van der Waals surface area contributed by atoms with Crippen LogP contribution in [-0.2, 0) is 0 Å². The second-order valence-corrected chi connectivity index (χ2v) is 5.38. The number of rotatable bonds is 3. The molecular formula is C16H13ClF2N2O2. The molecule has 0 heterocycles. The van der Waals surface area contributed by atoms with Crippen molar-refractivity contribution in [2.45, 2.75) is 0 Å². The predicted molar refractivity (Wildman–Crippen MR) is 83.8 cm³/mol. The fourth-order valence-corrected chi connectivity index (χ4v) is 2.01. The normalized spacial score (nSPS) is 10.3. The molecular weight excluding hydrogens is 326 g/mol. The number of halogens is 3. The van der Waals surface area contributed by atoms with Crippen LogP contribution < -0.4 is 5.32 Å². The number of carbonyl (C=O) groups excluding carboxylic acids is 2. The standard InChI is InChI=1S/C16H13ClF2N2O2/c1-21(2)16(23)10-3-5-11(17)14(8-10)20-15(22)9-4-6-12(18)13(19)7-9/h3-8H,1-2H3,(H,20,22). The van der Waals surface area contributed by atoms with E-state index in [2.05, 4.69) is 5.32 Å². The Labute approximate surface area is 136 Å². The molecule has 0 bridgehead atoms. The van der Waals surface area contributed by atoms with Crippen LogP contribution in [0.25, 0.3) is 0 Å². The molecule has 2 amide bonds. The molecule has 2 aromatic rings. The summed E-state index contributed by atoms with van der Waals surface area (Å²) in [6.45, 7) is 0. The van der Waals surface area contributed by atoms with Crippen molar-refractivity contribution in [1.29, 1.82) is 0 Å². The molecule has 0 aromatic heterocycles. The zero-order valence-corrected chi connectivity index (χ0v) is 13.1. The third-order valence-corrected chi connectivity index (χ3v) is 3.38. The molecule has 7 heteroatoms. The first-order valence-corrected chi connectivity index (χ1v) is 6.95. The van der Waals surface area contributed by atoms with Crippen LogP contribution in [0.3, 0.4) is 0 Å². The number of benzene rings is 2. The van der Waals surface area contributed by atoms with E-state index in [4.69, 9.17) is 11.6 Å². The largest absolute Gasteiger partial charge is 0.345 e. The lowest BCUT2D eigenvalue weighted by Crippen LogP contribution is -2.22. The van der Waals surface area contributed by atoms with E-state index in [1.165, 1.54) is 23.1 Å². The van der Waals surface area contributed by atoms with Gasteiger partial charge in [0.2, 0.25) is 0 Å². The number of carbonyl (C=O) groups is 2. The molecule has 0 radical (unpaired) electrons. The quantitative estimate of drug-likeness (QED) is 0.930. The van der Waals surface area contributed by atoms with Gasteiger partial charge in [-0.25, -0.2) is 8.78 Å². The van der Waals surface area contributed by atoms with Crippen LogP contribution >= 0.6 is 11.6 Å². The molecule has 0 aliphatic rings. The number of nitrogens with one attached hydrogen (secondary N) is 1. The Kier molecular flexibility index (Phi) is 4.95. The van der Waals surface area contributed by atoms with Crippen molar-refractivity contribution in [2.75, 3.05) is 19.4 Å². The van der Waals surface area contributed by atoms with Crippen LogP contribution in [-0.4, -0.2) is 30.8 Å². The molecule has 1 N–H and O–H groups in total. The van der Waals surface area contributed by atoms with Crippen LogP contribution in [0.15, 0.2) is 36.4 Å². The van der Waals surface area contributed by atoms with Crippen molar-refractivity contribution < 1.29 is 18.4 Å². The fourth-order valence-electron chi connectivity index (χ4n) is 1.84. The van der Waals surface area contributed by atoms with Crippen molar-refractivity contribution in [3.05, 3.63) is 64.2 Å². The minimum atomic E-state index is -1.12. The molecule has 0 fully saturated rings. The average Bonchev–Trinajstić information content (AvgIpc) is 2.51. The topological polar surface area (TPSA) is 49.4 Å². The highest BCUT2D eigenvalue weighted by Gasteiger charge is 2.14. The minimum absolute atomic E-state index is 0.0655. The maximum absolute atomic E-state index is 13.2. The van der Waals surface area contributed by atoms with Gasteiger partial charge in [0.05, 0.1) is 10.7 Å². The van der Waals surface area contributed by atoms with E-state index in [1.54, 1.807) is 14.1 Å². The van der Waals surface area contributed by atoms with Crippen molar-refractivity contribution >= 4 is 29.1 Å². The number of anilines is 1. The average molecular weight is 339 g/mol. The Hall–Kier alpha value is -2.47. The van der Waals surface area contributed by atoms with E-state index in [0.717, 1.165) is 18.2 Å². The summed E-state index contributed by atoms with van der Waals surface area (Å²) in [6.07, 6.45) is 0. The van der Waals surface area contributed by atoms with Crippen molar-refractivity contribution in [3.63, 3.8) is 0 Å². The Morgan fingerprint density at radius 1 is 1.00 bits per heavy atom. The lowest BCUT2D eigenvalue weighted by Gasteiger charge is -2.13. The van der Waals surface area contributed by atoms with Gasteiger partial charge in [0.25, 0.3) is 11.8 Å². The van der Waals surface area contributed by atoms with E-state index >= 15 is 0 Å². The summed E-state index contributed by atoms with van der Waals surface area (Å²) >= 11 is 5.99. The van der Waals surface area contributed by atoms with Crippen LogP contribution in [0.1, 0.15) is 20.7 Å². The molecule has 0 atom stereocenters. The highest BCUT2D eigenvalue weighted by atomic mass is 35.5. The number of hydrogen-bond acceptors (Lipinski definition) is 2. The number of amides is 2. The minimum Gasteiger partial charge on any atom is -0.345 e. The number of nitrogens with zero attached hydrogens (tertiary/aromatic N) is 1. The highest BCUT2D eigenvalue weighted by Crippen LogP contribution is 2.24. The van der Waals surface area contributed by atoms with Crippen LogP contribution in [0.2, 0.25) is 5.02 Å². The summed E-state index contributed by atoms with van der Waals surface area (Å²) in [7, 11) is 3.19. The van der Waals surface area contributed by atoms with Gasteiger partial charge in [0, 0.05) is 25.2 Å². The summed E-state index contributed by atoms with van der Waals surface area (Å²) in [5, 5.41) is 2.70. The Morgan fingerprint density at radius 3 is 2.26 bits per heavy atom. The lowest BCUT2D eigenvalue weighted by molar-refractivity contribution is 0.0827. The zero-order chi connectivity index (χ0) is 17.1. The lowest BCUT2D eigenvalue weighted by atomic mass is 10.1. The monoisotopic (exact) mass is 338 g/mol.